The Bertz CT molecular complexity index is 6080. The minimum atomic E-state index is -2.99. The smallest absolute Gasteiger partial charge is 0.338 e. The molecule has 54 heteroatoms. The number of carboxylic acid groups (broad SMARTS) is 4. The molecule has 804 valence electrons. The van der Waals surface area contributed by atoms with Crippen LogP contribution in [0.3, 0.4) is 0 Å². The first-order valence-electron chi connectivity index (χ1n) is 46.3. The minimum Gasteiger partial charge on any atom is -0.481 e. The zero-order chi connectivity index (χ0) is 108. The molecule has 32 nitrogen and oxygen atoms in total. The van der Waals surface area contributed by atoms with Crippen LogP contribution in [0.5, 0.6) is 0 Å². The lowest BCUT2D eigenvalue weighted by atomic mass is 9.95. The molecule has 4 saturated heterocycles. The van der Waals surface area contributed by atoms with E-state index >= 15 is 0 Å². The van der Waals surface area contributed by atoms with E-state index in [0.717, 1.165) is 35.7 Å². The van der Waals surface area contributed by atoms with E-state index in [1.807, 2.05) is 9.80 Å². The first-order valence-corrected chi connectivity index (χ1v) is 56.7. The summed E-state index contributed by atoms with van der Waals surface area (Å²) in [4.78, 5) is 140. The molecule has 8 aromatic rings. The van der Waals surface area contributed by atoms with Gasteiger partial charge in [-0.1, -0.05) is 79.3 Å². The fourth-order valence-electron chi connectivity index (χ4n) is 17.4. The fraction of sp³-hybridized carbons (Fsp3) is 0.417. The molecule has 16 rings (SSSR count). The van der Waals surface area contributed by atoms with E-state index in [1.165, 1.54) is 133 Å². The number of benzene rings is 4. The second-order valence-electron chi connectivity index (χ2n) is 34.2. The number of thiazole rings is 4. The standard InChI is InChI=1S/C24H24BrF3N4O4S2.C24H25BrF2N4O4S2.C24H24ClF3N4O4S2.C24H25ClF2N4O4S2/c1-2-36-23(35)19-17(9-32-12-24(27,28)8-14(32)10-37-11-18(33)34)30-21(22-29-5-6-38-22)31-20(19)15-4-3-13(26)7-16(15)25;1-2-35-24(34)20-18(10-31-9-14(27)7-15(31)11-36-12-19(32)33)29-22(23-28-5-6-37-23)30-21(20)16-4-3-13(26)8-17(16)25;1-2-36-23(35)19-17(9-32-12-24(27,28)8-14(32)10-37-11-18(33)34)30-21(22-29-5-6-38-22)31-20(19)15-4-3-13(26)7-16(15)25;1-2-35-24(34)20-18(10-31-9-14(27)7-15(31)11-36-12-19(32)33)29-22(23-28-5-6-37-23)30-21(20)16-4-3-13(26)8-17(16)25/h3-7,14,20H,2,8-12H2,1H3,(H,30,31)(H,33,34);3-6,8,14-15,21H,2,7,9-12H2,1H3,(H,29,30)(H,32,33);3-7,14,20H,2,8-12H2,1H3,(H,30,31)(H,33,34);3-6,8,14-15,21H,2,7,9-12H2,1H3,(H,29,30)(H,32,33)/t14?,20-;14?,15?,21-;14?,20-;14?,15?,21-/m0000/s1. The molecule has 4 aromatic heterocycles. The van der Waals surface area contributed by atoms with Gasteiger partial charge in [0.2, 0.25) is 0 Å². The molecule has 10 atom stereocenters. The van der Waals surface area contributed by atoms with Crippen LogP contribution in [0.1, 0.15) is 120 Å². The summed E-state index contributed by atoms with van der Waals surface area (Å²) >= 11 is 29.4. The lowest BCUT2D eigenvalue weighted by molar-refractivity contribution is -0.139. The number of aliphatic imine (C=N–C) groups is 4. The number of alkyl halides is 6. The van der Waals surface area contributed by atoms with Gasteiger partial charge in [0.25, 0.3) is 11.8 Å². The van der Waals surface area contributed by atoms with Gasteiger partial charge in [-0.05, 0) is 100 Å². The molecule has 0 saturated carbocycles. The van der Waals surface area contributed by atoms with Crippen molar-refractivity contribution in [2.45, 2.75) is 126 Å². The van der Waals surface area contributed by atoms with Gasteiger partial charge in [0.05, 0.1) is 84.8 Å². The van der Waals surface area contributed by atoms with Gasteiger partial charge in [0.15, 0.2) is 43.4 Å². The first kappa shape index (κ1) is 117. The molecular weight excluding hydrogens is 2310 g/mol. The highest BCUT2D eigenvalue weighted by molar-refractivity contribution is 9.10. The predicted molar refractivity (Wildman–Crippen MR) is 563 cm³/mol. The summed E-state index contributed by atoms with van der Waals surface area (Å²) < 4.78 is 165. The fourth-order valence-corrected chi connectivity index (χ4v) is 25.1. The number of hydrogen-bond donors (Lipinski definition) is 8. The number of nitrogens with one attached hydrogen (secondary N) is 4. The largest absolute Gasteiger partial charge is 0.481 e. The Morgan fingerprint density at radius 3 is 0.900 bits per heavy atom. The summed E-state index contributed by atoms with van der Waals surface area (Å²) in [6, 6.07) is 10.4. The van der Waals surface area contributed by atoms with E-state index in [1.54, 1.807) is 80.1 Å². The quantitative estimate of drug-likeness (QED) is 0.0100. The molecule has 6 unspecified atom stereocenters. The minimum absolute atomic E-state index is 0.0379. The zero-order valence-electron chi connectivity index (χ0n) is 79.9. The molecule has 8 N–H and O–H groups in total. The maximum atomic E-state index is 14.5. The Morgan fingerprint density at radius 2 is 0.653 bits per heavy atom. The van der Waals surface area contributed by atoms with E-state index in [9.17, 15) is 82.3 Å². The Balaban J connectivity index is 0.000000167. The van der Waals surface area contributed by atoms with Crippen LogP contribution in [-0.2, 0) is 57.3 Å². The van der Waals surface area contributed by atoms with Crippen molar-refractivity contribution in [1.29, 1.82) is 0 Å². The molecule has 4 fully saturated rings. The van der Waals surface area contributed by atoms with Crippen molar-refractivity contribution in [3.05, 3.63) is 249 Å². The number of carboxylic acids is 4. The molecule has 0 amide bonds. The number of hydrogen-bond acceptors (Lipinski definition) is 36. The van der Waals surface area contributed by atoms with Crippen LogP contribution < -0.4 is 21.3 Å². The number of carbonyl (C=O) groups excluding carboxylic acids is 4. The second kappa shape index (κ2) is 54.7. The zero-order valence-corrected chi connectivity index (χ0v) is 91.1. The van der Waals surface area contributed by atoms with E-state index in [2.05, 4.69) is 78.1 Å². The molecular formula is C96H98Br2Cl2F10N16O16S8. The van der Waals surface area contributed by atoms with Gasteiger partial charge in [0, 0.05) is 199 Å². The highest BCUT2D eigenvalue weighted by atomic mass is 79.9. The van der Waals surface area contributed by atoms with Gasteiger partial charge in [-0.25, -0.2) is 83.0 Å². The number of amidine groups is 4. The molecule has 8 aliphatic rings. The molecule has 150 heavy (non-hydrogen) atoms. The molecule has 0 aliphatic carbocycles. The van der Waals surface area contributed by atoms with Gasteiger partial charge in [-0.15, -0.1) is 92.4 Å². The van der Waals surface area contributed by atoms with Crippen LogP contribution >= 0.6 is 147 Å². The summed E-state index contributed by atoms with van der Waals surface area (Å²) in [6.07, 6.45) is 3.94. The number of likely N-dealkylation sites (tertiary alicyclic amines) is 4. The van der Waals surface area contributed by atoms with Crippen molar-refractivity contribution in [2.75, 3.05) is 125 Å². The van der Waals surface area contributed by atoms with Crippen molar-refractivity contribution in [3.8, 4) is 0 Å². The third kappa shape index (κ3) is 31.7. The van der Waals surface area contributed by atoms with E-state index in [-0.39, 0.29) is 163 Å². The van der Waals surface area contributed by atoms with E-state index < -0.39 is 157 Å². The average molecular weight is 2410 g/mol. The number of nitrogens with zero attached hydrogens (tertiary/aromatic N) is 12. The maximum absolute atomic E-state index is 14.5. The van der Waals surface area contributed by atoms with Crippen LogP contribution in [-0.4, -0.2) is 304 Å². The first-order chi connectivity index (χ1) is 71.7. The van der Waals surface area contributed by atoms with Crippen molar-refractivity contribution >= 4 is 219 Å². The Hall–Kier alpha value is -9.92. The van der Waals surface area contributed by atoms with E-state index in [0.29, 0.717) is 103 Å². The lowest BCUT2D eigenvalue weighted by Gasteiger charge is -2.31. The second-order valence-corrected chi connectivity index (χ2v) is 44.4. The Morgan fingerprint density at radius 1 is 0.400 bits per heavy atom. The summed E-state index contributed by atoms with van der Waals surface area (Å²) in [5.74, 6) is -12.4. The number of aromatic nitrogens is 4. The number of thioether (sulfide) groups is 4. The topological polar surface area (TPSA) is 416 Å². The maximum Gasteiger partial charge on any atom is 0.338 e. The number of rotatable bonds is 40. The van der Waals surface area contributed by atoms with Gasteiger partial charge >= 0.3 is 47.8 Å². The van der Waals surface area contributed by atoms with Gasteiger partial charge in [-0.3, -0.25) is 58.7 Å². The van der Waals surface area contributed by atoms with Crippen molar-refractivity contribution in [3.63, 3.8) is 0 Å². The third-order valence-electron chi connectivity index (χ3n) is 23.6. The number of ether oxygens (including phenoxy) is 4. The highest BCUT2D eigenvalue weighted by Crippen LogP contribution is 2.46. The monoisotopic (exact) mass is 2400 g/mol. The molecule has 0 bridgehead atoms. The molecule has 8 aliphatic heterocycles. The summed E-state index contributed by atoms with van der Waals surface area (Å²) in [7, 11) is 0. The molecule has 0 radical (unpaired) electrons. The Labute approximate surface area is 913 Å². The summed E-state index contributed by atoms with van der Waals surface area (Å²) in [5.41, 5.74) is 3.95. The Kier molecular flexibility index (Phi) is 42.8. The number of carbonyl (C=O) groups is 8. The molecule has 12 heterocycles. The van der Waals surface area contributed by atoms with Crippen LogP contribution in [0.4, 0.5) is 43.9 Å². The van der Waals surface area contributed by atoms with Crippen molar-refractivity contribution < 1.29 is 122 Å². The van der Waals surface area contributed by atoms with Crippen molar-refractivity contribution in [1.82, 2.24) is 60.8 Å². The molecule has 4 aromatic carbocycles. The van der Waals surface area contributed by atoms with Crippen LogP contribution in [0.25, 0.3) is 0 Å². The van der Waals surface area contributed by atoms with Gasteiger partial charge < -0.3 is 60.6 Å². The average Bonchev–Trinajstić information content (AvgIpc) is 1.28. The van der Waals surface area contributed by atoms with E-state index in [4.69, 9.17) is 77.6 Å². The third-order valence-corrected chi connectivity index (χ3v) is 33.0. The SMILES string of the molecule is CCOC(=O)C1=C(CN2CC(F)(F)CC2CSCC(=O)O)NC(c2nccs2)=N[C@H]1c1ccc(F)cc1Br.CCOC(=O)C1=C(CN2CC(F)(F)CC2CSCC(=O)O)NC(c2nccs2)=N[C@H]1c1ccc(F)cc1Cl.CCOC(=O)C1=C(CN2CC(F)CC2CSCC(=O)O)NC(c2nccs2)=N[C@H]1c1ccc(F)cc1Br.CCOC(=O)C1=C(CN2CC(F)CC2CSCC(=O)O)NC(c2nccs2)=N[C@H]1c1ccc(F)cc1Cl. The highest BCUT2D eigenvalue weighted by Gasteiger charge is 2.50. The van der Waals surface area contributed by atoms with Crippen LogP contribution in [0, 0.1) is 23.3 Å². The van der Waals surface area contributed by atoms with Gasteiger partial charge in [-0.2, -0.15) is 0 Å². The summed E-state index contributed by atoms with van der Waals surface area (Å²) in [5, 5.41) is 58.0. The normalized spacial score (nSPS) is 21.6. The number of halogens is 14. The molecule has 0 spiro atoms. The van der Waals surface area contributed by atoms with Gasteiger partial charge in [0.1, 0.15) is 59.8 Å². The number of aliphatic carboxylic acids is 4. The van der Waals surface area contributed by atoms with Crippen molar-refractivity contribution in [2.24, 2.45) is 20.0 Å². The summed E-state index contributed by atoms with van der Waals surface area (Å²) in [6.45, 7) is 6.39. The van der Waals surface area contributed by atoms with Crippen LogP contribution in [0.15, 0.2) is 193 Å². The predicted octanol–water partition coefficient (Wildman–Crippen LogP) is 17.1. The lowest BCUT2D eigenvalue weighted by Crippen LogP contribution is -2.42. The number of esters is 4. The van der Waals surface area contributed by atoms with Crippen LogP contribution in [0.2, 0.25) is 10.0 Å².